The third-order valence-corrected chi connectivity index (χ3v) is 9.84. The Hall–Kier alpha value is -6.12. The van der Waals surface area contributed by atoms with Crippen molar-refractivity contribution in [2.24, 2.45) is 0 Å². The summed E-state index contributed by atoms with van der Waals surface area (Å²) in [5, 5.41) is 6.89. The third-order valence-electron chi connectivity index (χ3n) is 9.84. The number of methoxy groups -OCH3 is 2. The lowest BCUT2D eigenvalue weighted by Crippen LogP contribution is -2.45. The molecule has 1 aliphatic rings. The summed E-state index contributed by atoms with van der Waals surface area (Å²) >= 11 is 0. The standard InChI is InChI=1S/C40H48N8O7/c1-6-9-27(8-3)48(37(50)20-43-40(52)54-5)22-34-41-18-32(45-34)25-10-12-28-26(15-25)23-55-33-17-29-24(16-30(28)33)11-13-31-38(29)46-35(44-31)21-47(14-7-2)36(49)19-42-39(51)53-4/h10-13,15-18,27H,6-9,14,19-23H2,1-5H3,(H,41,45)(H,42,51)(H,43,52)(H,44,46)/t27-/m1/s1. The fourth-order valence-electron chi connectivity index (χ4n) is 7.06. The zero-order chi connectivity index (χ0) is 39.1. The predicted octanol–water partition coefficient (Wildman–Crippen LogP) is 6.02. The van der Waals surface area contributed by atoms with Crippen molar-refractivity contribution in [3.63, 3.8) is 0 Å². The molecule has 0 aliphatic carbocycles. The molecule has 1 aliphatic heterocycles. The van der Waals surface area contributed by atoms with Gasteiger partial charge in [0.2, 0.25) is 11.8 Å². The quantitative estimate of drug-likeness (QED) is 0.0993. The van der Waals surface area contributed by atoms with Crippen molar-refractivity contribution in [3.8, 4) is 28.1 Å². The number of benzene rings is 3. The van der Waals surface area contributed by atoms with Gasteiger partial charge in [0.25, 0.3) is 0 Å². The van der Waals surface area contributed by atoms with Crippen LogP contribution in [0.3, 0.4) is 0 Å². The van der Waals surface area contributed by atoms with Crippen LogP contribution in [-0.4, -0.2) is 93.6 Å². The second-order valence-electron chi connectivity index (χ2n) is 13.5. The molecule has 15 heteroatoms. The lowest BCUT2D eigenvalue weighted by Gasteiger charge is -2.30. The molecule has 0 saturated heterocycles. The SMILES string of the molecule is CCC[C@@H](CC)N(Cc1ncc(-c2ccc3c(c2)COc2cc4c(ccc5[nH]c(CN(CCC)C(=O)CNC(=O)OC)nc54)cc2-3)[nH]1)C(=O)CNC(=O)OC. The number of carbonyl (C=O) groups excluding carboxylic acids is 4. The van der Waals surface area contributed by atoms with E-state index in [0.29, 0.717) is 24.8 Å². The van der Waals surface area contributed by atoms with Gasteiger partial charge in [0, 0.05) is 23.5 Å². The molecule has 15 nitrogen and oxygen atoms in total. The summed E-state index contributed by atoms with van der Waals surface area (Å²) in [7, 11) is 2.52. The summed E-state index contributed by atoms with van der Waals surface area (Å²) in [5.74, 6) is 1.62. The van der Waals surface area contributed by atoms with Crippen molar-refractivity contribution in [2.75, 3.05) is 33.9 Å². The molecule has 0 radical (unpaired) electrons. The molecule has 5 aromatic rings. The number of H-pyrrole nitrogens is 2. The minimum absolute atomic E-state index is 0.00343. The van der Waals surface area contributed by atoms with Crippen LogP contribution in [0.4, 0.5) is 9.59 Å². The summed E-state index contributed by atoms with van der Waals surface area (Å²) in [5.41, 5.74) is 6.48. The number of nitrogens with one attached hydrogen (secondary N) is 4. The molecule has 0 fully saturated rings. The van der Waals surface area contributed by atoms with Crippen LogP contribution in [0.1, 0.15) is 63.7 Å². The first-order valence-corrected chi connectivity index (χ1v) is 18.6. The molecule has 0 unspecified atom stereocenters. The number of ether oxygens (including phenoxy) is 3. The van der Waals surface area contributed by atoms with Crippen LogP contribution in [0, 0.1) is 0 Å². The molecule has 1 atom stereocenters. The van der Waals surface area contributed by atoms with Crippen molar-refractivity contribution in [2.45, 2.75) is 72.2 Å². The predicted molar refractivity (Wildman–Crippen MR) is 207 cm³/mol. The highest BCUT2D eigenvalue weighted by Crippen LogP contribution is 2.42. The number of carbonyl (C=O) groups is 4. The molecule has 6 rings (SSSR count). The molecule has 2 aromatic heterocycles. The normalized spacial score (nSPS) is 12.3. The first-order chi connectivity index (χ1) is 26.7. The van der Waals surface area contributed by atoms with Crippen molar-refractivity contribution < 1.29 is 33.4 Å². The molecule has 0 bridgehead atoms. The highest BCUT2D eigenvalue weighted by atomic mass is 16.5. The molecule has 4 N–H and O–H groups in total. The number of aromatic nitrogens is 4. The van der Waals surface area contributed by atoms with Crippen molar-refractivity contribution >= 4 is 45.8 Å². The van der Waals surface area contributed by atoms with E-state index < -0.39 is 12.2 Å². The number of rotatable bonds is 15. The van der Waals surface area contributed by atoms with Crippen molar-refractivity contribution in [3.05, 3.63) is 65.9 Å². The van der Waals surface area contributed by atoms with E-state index in [1.807, 2.05) is 25.1 Å². The number of hydrogen-bond donors (Lipinski definition) is 4. The van der Waals surface area contributed by atoms with Crippen molar-refractivity contribution in [1.82, 2.24) is 40.4 Å². The van der Waals surface area contributed by atoms with Gasteiger partial charge in [-0.2, -0.15) is 0 Å². The number of hydrogen-bond acceptors (Lipinski definition) is 9. The number of imidazole rings is 2. The monoisotopic (exact) mass is 752 g/mol. The number of fused-ring (bicyclic) bond motifs is 6. The first kappa shape index (κ1) is 38.6. The van der Waals surface area contributed by atoms with E-state index in [1.165, 1.54) is 14.2 Å². The van der Waals surface area contributed by atoms with Gasteiger partial charge in [0.1, 0.15) is 37.1 Å². The fraction of sp³-hybridized carbons (Fsp3) is 0.400. The maximum atomic E-state index is 13.2. The number of amides is 4. The van der Waals surface area contributed by atoms with Gasteiger partial charge in [-0.15, -0.1) is 0 Å². The van der Waals surface area contributed by atoms with Crippen molar-refractivity contribution in [1.29, 1.82) is 0 Å². The van der Waals surface area contributed by atoms with Crippen LogP contribution >= 0.6 is 0 Å². The van der Waals surface area contributed by atoms with Crippen LogP contribution in [-0.2, 0) is 38.8 Å². The minimum atomic E-state index is -0.657. The Bertz CT molecular complexity index is 2190. The summed E-state index contributed by atoms with van der Waals surface area (Å²) in [6, 6.07) is 14.4. The van der Waals surface area contributed by atoms with Crippen LogP contribution in [0.15, 0.2) is 48.7 Å². The van der Waals surface area contributed by atoms with E-state index in [4.69, 9.17) is 9.72 Å². The zero-order valence-electron chi connectivity index (χ0n) is 31.9. The molecule has 0 spiro atoms. The Kier molecular flexibility index (Phi) is 12.2. The Labute approximate surface area is 319 Å². The van der Waals surface area contributed by atoms with Gasteiger partial charge in [-0.05, 0) is 65.6 Å². The van der Waals surface area contributed by atoms with Crippen LogP contribution in [0.5, 0.6) is 5.75 Å². The molecule has 3 aromatic carbocycles. The average Bonchev–Trinajstić information content (AvgIpc) is 3.86. The highest BCUT2D eigenvalue weighted by Gasteiger charge is 2.25. The van der Waals surface area contributed by atoms with Gasteiger partial charge in [-0.1, -0.05) is 45.4 Å². The maximum absolute atomic E-state index is 13.2. The van der Waals surface area contributed by atoms with Gasteiger partial charge in [-0.25, -0.2) is 19.6 Å². The van der Waals surface area contributed by atoms with E-state index in [9.17, 15) is 19.2 Å². The molecule has 3 heterocycles. The number of alkyl carbamates (subject to hydrolysis) is 2. The topological polar surface area (TPSA) is 184 Å². The van der Waals surface area contributed by atoms with E-state index >= 15 is 0 Å². The largest absolute Gasteiger partial charge is 0.488 e. The smallest absolute Gasteiger partial charge is 0.407 e. The Morgan fingerprint density at radius 2 is 1.64 bits per heavy atom. The number of nitrogens with zero attached hydrogens (tertiary/aromatic N) is 4. The van der Waals surface area contributed by atoms with Gasteiger partial charge in [0.15, 0.2) is 0 Å². The maximum Gasteiger partial charge on any atom is 0.407 e. The molecule has 4 amide bonds. The lowest BCUT2D eigenvalue weighted by atomic mass is 9.92. The van der Waals surface area contributed by atoms with Crippen LogP contribution in [0.25, 0.3) is 44.2 Å². The summed E-state index contributed by atoms with van der Waals surface area (Å²) in [6.07, 6.45) is 3.75. The lowest BCUT2D eigenvalue weighted by molar-refractivity contribution is -0.133. The Balaban J connectivity index is 1.21. The van der Waals surface area contributed by atoms with Gasteiger partial charge >= 0.3 is 12.2 Å². The number of aromatic amines is 2. The molecule has 0 saturated carbocycles. The second-order valence-corrected chi connectivity index (χ2v) is 13.5. The summed E-state index contributed by atoms with van der Waals surface area (Å²) in [6.45, 7) is 7.24. The minimum Gasteiger partial charge on any atom is -0.488 e. The van der Waals surface area contributed by atoms with Gasteiger partial charge in [-0.3, -0.25) is 9.59 Å². The highest BCUT2D eigenvalue weighted by molar-refractivity contribution is 6.07. The van der Waals surface area contributed by atoms with E-state index in [0.717, 1.165) is 81.2 Å². The Morgan fingerprint density at radius 3 is 2.35 bits per heavy atom. The summed E-state index contributed by atoms with van der Waals surface area (Å²) in [4.78, 5) is 69.0. The zero-order valence-corrected chi connectivity index (χ0v) is 31.9. The van der Waals surface area contributed by atoms with E-state index in [1.54, 1.807) is 16.0 Å². The van der Waals surface area contributed by atoms with E-state index in [2.05, 4.69) is 73.2 Å². The summed E-state index contributed by atoms with van der Waals surface area (Å²) < 4.78 is 15.6. The van der Waals surface area contributed by atoms with Gasteiger partial charge < -0.3 is 44.6 Å². The average molecular weight is 753 g/mol. The van der Waals surface area contributed by atoms with E-state index in [-0.39, 0.29) is 44.0 Å². The molecule has 55 heavy (non-hydrogen) atoms. The fourth-order valence-corrected chi connectivity index (χ4v) is 7.06. The van der Waals surface area contributed by atoms with Gasteiger partial charge in [0.05, 0.1) is 50.2 Å². The third kappa shape index (κ3) is 8.66. The second kappa shape index (κ2) is 17.3. The molecule has 290 valence electrons. The first-order valence-electron chi connectivity index (χ1n) is 18.6. The molecular formula is C40H48N8O7. The molecular weight excluding hydrogens is 704 g/mol. The Morgan fingerprint density at radius 1 is 0.873 bits per heavy atom. The van der Waals surface area contributed by atoms with Crippen LogP contribution < -0.4 is 15.4 Å². The van der Waals surface area contributed by atoms with Crippen LogP contribution in [0.2, 0.25) is 0 Å².